The minimum absolute atomic E-state index is 0.356. The summed E-state index contributed by atoms with van der Waals surface area (Å²) in [7, 11) is 0. The smallest absolute Gasteiger partial charge is 0.129 e. The number of hydrogen-bond acceptors (Lipinski definition) is 1. The molecule has 1 nitrogen and oxygen atoms in total. The van der Waals surface area contributed by atoms with E-state index in [1.54, 1.807) is 0 Å². The van der Waals surface area contributed by atoms with Gasteiger partial charge in [0.05, 0.1) is 9.30 Å². The molecule has 1 aromatic carbocycles. The molecule has 0 aliphatic heterocycles. The predicted octanol–water partition coefficient (Wildman–Crippen LogP) is 2.08. The van der Waals surface area contributed by atoms with E-state index in [9.17, 15) is 4.39 Å². The molecule has 0 aliphatic rings. The number of rotatable bonds is 1. The van der Waals surface area contributed by atoms with Crippen LogP contribution in [0.15, 0.2) is 22.7 Å². The fraction of sp³-hybridized carbons (Fsp3) is 0.143. The van der Waals surface area contributed by atoms with Crippen molar-refractivity contribution in [1.29, 1.82) is 0 Å². The van der Waals surface area contributed by atoms with Gasteiger partial charge in [-0.1, -0.05) is 22.0 Å². The molecule has 0 aliphatic carbocycles. The lowest BCUT2D eigenvalue weighted by atomic mass is 10.2. The largest absolute Gasteiger partial charge is 0.392 e. The van der Waals surface area contributed by atoms with E-state index in [-0.39, 0.29) is 5.56 Å². The normalized spacial score (nSPS) is 14.3. The molecule has 10 heavy (non-hydrogen) atoms. The topological polar surface area (TPSA) is 20.2 Å². The van der Waals surface area contributed by atoms with Crippen LogP contribution in [0, 0.1) is 5.82 Å². The van der Waals surface area contributed by atoms with Gasteiger partial charge in [-0.05, 0) is 12.1 Å². The average Bonchev–Trinajstić information content (AvgIpc) is 1.83. The molecule has 54 valence electrons. The van der Waals surface area contributed by atoms with Crippen molar-refractivity contribution in [3.63, 3.8) is 0 Å². The van der Waals surface area contributed by atoms with E-state index in [0.29, 0.717) is 4.47 Å². The monoisotopic (exact) mass is 206 g/mol. The minimum atomic E-state index is -2.62. The molecule has 1 rings (SSSR count). The lowest BCUT2D eigenvalue weighted by Crippen LogP contribution is -1.87. The summed E-state index contributed by atoms with van der Waals surface area (Å²) in [5.74, 6) is -0.767. The second-order valence-corrected chi connectivity index (χ2v) is 2.65. The standard InChI is InChI=1S/C7H6BrFO/c8-6-2-1-5(4-10)7(9)3-6/h1-3,10H,4H2/i4D2. The van der Waals surface area contributed by atoms with E-state index in [0.717, 1.165) is 6.07 Å². The third kappa shape index (κ3) is 1.55. The molecule has 1 N–H and O–H groups in total. The van der Waals surface area contributed by atoms with Gasteiger partial charge in [0.15, 0.2) is 0 Å². The SMILES string of the molecule is [2H]C([2H])(O)c1ccc(Br)cc1F. The van der Waals surface area contributed by atoms with Crippen LogP contribution < -0.4 is 0 Å². The van der Waals surface area contributed by atoms with Crippen molar-refractivity contribution < 1.29 is 12.2 Å². The molecule has 0 bridgehead atoms. The van der Waals surface area contributed by atoms with Gasteiger partial charge in [-0.15, -0.1) is 0 Å². The van der Waals surface area contributed by atoms with E-state index in [4.69, 9.17) is 7.85 Å². The Hall–Kier alpha value is -0.410. The Morgan fingerprint density at radius 3 is 2.90 bits per heavy atom. The van der Waals surface area contributed by atoms with Crippen LogP contribution in [0.2, 0.25) is 0 Å². The van der Waals surface area contributed by atoms with Gasteiger partial charge >= 0.3 is 0 Å². The van der Waals surface area contributed by atoms with Crippen LogP contribution in [0.25, 0.3) is 0 Å². The van der Waals surface area contributed by atoms with Crippen LogP contribution in [-0.4, -0.2) is 5.11 Å². The fourth-order valence-corrected chi connectivity index (χ4v) is 0.913. The van der Waals surface area contributed by atoms with Crippen LogP contribution >= 0.6 is 15.9 Å². The van der Waals surface area contributed by atoms with Crippen LogP contribution in [-0.2, 0) is 6.56 Å². The lowest BCUT2D eigenvalue weighted by molar-refractivity contribution is 0.275. The van der Waals surface area contributed by atoms with E-state index >= 15 is 0 Å². The second kappa shape index (κ2) is 3.12. The molecule has 0 amide bonds. The third-order valence-corrected chi connectivity index (χ3v) is 1.54. The highest BCUT2D eigenvalue weighted by Gasteiger charge is 1.99. The van der Waals surface area contributed by atoms with Crippen LogP contribution in [0.3, 0.4) is 0 Å². The van der Waals surface area contributed by atoms with Gasteiger partial charge in [0.25, 0.3) is 0 Å². The van der Waals surface area contributed by atoms with Crippen molar-refractivity contribution in [3.8, 4) is 0 Å². The van der Waals surface area contributed by atoms with Crippen molar-refractivity contribution in [2.75, 3.05) is 0 Å². The number of aliphatic hydroxyl groups is 1. The average molecular weight is 207 g/mol. The van der Waals surface area contributed by atoms with Gasteiger partial charge in [0.1, 0.15) is 5.82 Å². The summed E-state index contributed by atoms with van der Waals surface area (Å²) in [5.41, 5.74) is -0.356. The number of benzene rings is 1. The maximum absolute atomic E-state index is 12.9. The second-order valence-electron chi connectivity index (χ2n) is 1.74. The fourth-order valence-electron chi connectivity index (χ4n) is 0.580. The molecule has 0 aromatic heterocycles. The maximum Gasteiger partial charge on any atom is 0.129 e. The first-order valence-corrected chi connectivity index (χ1v) is 3.38. The summed E-state index contributed by atoms with van der Waals surface area (Å²) in [6.07, 6.45) is 0. The molecular formula is C7H6BrFO. The highest BCUT2D eigenvalue weighted by Crippen LogP contribution is 2.14. The lowest BCUT2D eigenvalue weighted by Gasteiger charge is -1.97. The molecule has 0 atom stereocenters. The first-order valence-electron chi connectivity index (χ1n) is 3.59. The van der Waals surface area contributed by atoms with Crippen LogP contribution in [0.4, 0.5) is 4.39 Å². The molecule has 0 unspecified atom stereocenters. The van der Waals surface area contributed by atoms with E-state index in [2.05, 4.69) is 15.9 Å². The van der Waals surface area contributed by atoms with E-state index in [1.165, 1.54) is 12.1 Å². The van der Waals surface area contributed by atoms with Gasteiger partial charge in [-0.2, -0.15) is 0 Å². The Balaban J connectivity index is 3.19. The summed E-state index contributed by atoms with van der Waals surface area (Å²) in [6, 6.07) is 3.76. The molecule has 0 spiro atoms. The minimum Gasteiger partial charge on any atom is -0.392 e. The Kier molecular flexibility index (Phi) is 1.64. The summed E-state index contributed by atoms with van der Waals surface area (Å²) >= 11 is 3.02. The molecular weight excluding hydrogens is 199 g/mol. The van der Waals surface area contributed by atoms with Crippen LogP contribution in [0.5, 0.6) is 0 Å². The van der Waals surface area contributed by atoms with E-state index in [1.807, 2.05) is 0 Å². The molecule has 3 heteroatoms. The maximum atomic E-state index is 12.9. The van der Waals surface area contributed by atoms with E-state index < -0.39 is 12.4 Å². The van der Waals surface area contributed by atoms with Gasteiger partial charge in [0, 0.05) is 10.0 Å². The summed E-state index contributed by atoms with van der Waals surface area (Å²) in [5, 5.41) is 8.84. The van der Waals surface area contributed by atoms with Crippen molar-refractivity contribution in [3.05, 3.63) is 34.1 Å². The quantitative estimate of drug-likeness (QED) is 0.747. The molecule has 1 aromatic rings. The van der Waals surface area contributed by atoms with Crippen molar-refractivity contribution in [2.45, 2.75) is 6.56 Å². The summed E-state index contributed by atoms with van der Waals surface area (Å²) in [4.78, 5) is 0. The zero-order valence-corrected chi connectivity index (χ0v) is 6.52. The number of hydrogen-bond donors (Lipinski definition) is 1. The molecule has 0 radical (unpaired) electrons. The Morgan fingerprint density at radius 2 is 2.40 bits per heavy atom. The molecule has 0 heterocycles. The zero-order valence-electron chi connectivity index (χ0n) is 6.94. The predicted molar refractivity (Wildman–Crippen MR) is 40.0 cm³/mol. The number of halogens is 2. The van der Waals surface area contributed by atoms with Gasteiger partial charge in [-0.25, -0.2) is 4.39 Å². The van der Waals surface area contributed by atoms with Crippen LogP contribution in [0.1, 0.15) is 8.30 Å². The molecule has 0 fully saturated rings. The van der Waals surface area contributed by atoms with Crippen molar-refractivity contribution in [2.24, 2.45) is 0 Å². The van der Waals surface area contributed by atoms with Crippen molar-refractivity contribution in [1.82, 2.24) is 0 Å². The summed E-state index contributed by atoms with van der Waals surface area (Å²) < 4.78 is 27.1. The first-order chi connectivity index (χ1) is 5.41. The highest BCUT2D eigenvalue weighted by molar-refractivity contribution is 9.10. The zero-order chi connectivity index (χ0) is 9.35. The summed E-state index contributed by atoms with van der Waals surface area (Å²) in [6.45, 7) is -2.62. The van der Waals surface area contributed by atoms with Crippen molar-refractivity contribution >= 4 is 15.9 Å². The van der Waals surface area contributed by atoms with Gasteiger partial charge in [-0.3, -0.25) is 0 Å². The molecule has 0 saturated carbocycles. The Morgan fingerprint density at radius 1 is 1.70 bits per heavy atom. The van der Waals surface area contributed by atoms with Gasteiger partial charge < -0.3 is 5.11 Å². The third-order valence-electron chi connectivity index (χ3n) is 1.05. The Labute approximate surface area is 69.4 Å². The highest BCUT2D eigenvalue weighted by atomic mass is 79.9. The molecule has 0 saturated heterocycles. The van der Waals surface area contributed by atoms with Gasteiger partial charge in [0.2, 0.25) is 0 Å². The first kappa shape index (κ1) is 5.27. The Bertz CT molecular complexity index is 298.